The molecule has 1 fully saturated rings. The topological polar surface area (TPSA) is 38.9 Å². The summed E-state index contributed by atoms with van der Waals surface area (Å²) in [4.78, 5) is 4.21. The highest BCUT2D eigenvalue weighted by atomic mass is 14.8. The quantitative estimate of drug-likeness (QED) is 0.660. The number of nitrogen functional groups attached to an aromatic ring is 1. The van der Waals surface area contributed by atoms with E-state index >= 15 is 0 Å². The van der Waals surface area contributed by atoms with Crippen molar-refractivity contribution in [1.82, 2.24) is 4.98 Å². The summed E-state index contributed by atoms with van der Waals surface area (Å²) in [7, 11) is 0. The van der Waals surface area contributed by atoms with Gasteiger partial charge < -0.3 is 5.73 Å². The second kappa shape index (κ2) is 2.22. The van der Waals surface area contributed by atoms with E-state index in [2.05, 4.69) is 11.1 Å². The molecule has 0 atom stereocenters. The van der Waals surface area contributed by atoms with Crippen molar-refractivity contribution in [1.29, 1.82) is 0 Å². The molecule has 0 spiro atoms. The minimum Gasteiger partial charge on any atom is -0.384 e. The van der Waals surface area contributed by atoms with Crippen LogP contribution in [0.15, 0.2) is 12.1 Å². The summed E-state index contributed by atoms with van der Waals surface area (Å²) in [6, 6.07) is 4.00. The second-order valence-electron chi connectivity index (χ2n) is 3.19. The molecule has 0 radical (unpaired) electrons. The third-order valence-electron chi connectivity index (χ3n) is 2.17. The Kier molecular flexibility index (Phi) is 1.34. The average Bonchev–Trinajstić information content (AvgIpc) is 2.70. The zero-order valence-corrected chi connectivity index (χ0v) is 6.67. The maximum atomic E-state index is 5.54. The third kappa shape index (κ3) is 1.20. The summed E-state index contributed by atoms with van der Waals surface area (Å²) in [6.45, 7) is 2.03. The van der Waals surface area contributed by atoms with Gasteiger partial charge >= 0.3 is 0 Å². The van der Waals surface area contributed by atoms with Gasteiger partial charge in [0.05, 0.1) is 0 Å². The van der Waals surface area contributed by atoms with Gasteiger partial charge in [-0.05, 0) is 37.3 Å². The van der Waals surface area contributed by atoms with E-state index in [-0.39, 0.29) is 0 Å². The first-order valence-corrected chi connectivity index (χ1v) is 4.00. The maximum Gasteiger partial charge on any atom is 0.123 e. The van der Waals surface area contributed by atoms with Crippen LogP contribution >= 0.6 is 0 Å². The monoisotopic (exact) mass is 148 g/mol. The van der Waals surface area contributed by atoms with Crippen LogP contribution in [0.4, 0.5) is 5.82 Å². The summed E-state index contributed by atoms with van der Waals surface area (Å²) in [6.07, 6.45) is 2.65. The van der Waals surface area contributed by atoms with Crippen LogP contribution < -0.4 is 5.73 Å². The van der Waals surface area contributed by atoms with Gasteiger partial charge in [-0.1, -0.05) is 6.07 Å². The van der Waals surface area contributed by atoms with E-state index in [0.717, 1.165) is 11.6 Å². The number of nitrogens with two attached hydrogens (primary N) is 1. The number of aromatic nitrogens is 1. The highest BCUT2D eigenvalue weighted by Gasteiger charge is 2.25. The predicted octanol–water partition coefficient (Wildman–Crippen LogP) is 1.85. The molecule has 0 bridgehead atoms. The fourth-order valence-corrected chi connectivity index (χ4v) is 1.42. The Hall–Kier alpha value is -1.05. The van der Waals surface area contributed by atoms with Gasteiger partial charge in [-0.3, -0.25) is 0 Å². The van der Waals surface area contributed by atoms with E-state index in [9.17, 15) is 0 Å². The molecule has 1 aliphatic carbocycles. The molecule has 1 aromatic heterocycles. The lowest BCUT2D eigenvalue weighted by molar-refractivity contribution is 1.04. The van der Waals surface area contributed by atoms with Crippen molar-refractivity contribution in [3.05, 3.63) is 23.4 Å². The Morgan fingerprint density at radius 3 is 2.73 bits per heavy atom. The van der Waals surface area contributed by atoms with E-state index < -0.39 is 0 Å². The number of hydrogen-bond acceptors (Lipinski definition) is 2. The minimum atomic E-state index is 0.631. The third-order valence-corrected chi connectivity index (χ3v) is 2.17. The molecule has 58 valence electrons. The Balaban J connectivity index is 2.39. The predicted molar refractivity (Wildman–Crippen MR) is 45.4 cm³/mol. The van der Waals surface area contributed by atoms with Crippen molar-refractivity contribution in [2.75, 3.05) is 5.73 Å². The second-order valence-corrected chi connectivity index (χ2v) is 3.19. The standard InChI is InChI=1S/C9H12N2/c1-6-8(7-2-3-7)4-5-9(10)11-6/h4-5,7H,2-3H2,1H3,(H2,10,11). The summed E-state index contributed by atoms with van der Waals surface area (Å²) >= 11 is 0. The van der Waals surface area contributed by atoms with Crippen molar-refractivity contribution in [2.24, 2.45) is 0 Å². The molecule has 1 saturated carbocycles. The van der Waals surface area contributed by atoms with Crippen LogP contribution in [0.3, 0.4) is 0 Å². The lowest BCUT2D eigenvalue weighted by atomic mass is 10.1. The van der Waals surface area contributed by atoms with E-state index in [1.165, 1.54) is 18.4 Å². The van der Waals surface area contributed by atoms with Gasteiger partial charge in [0, 0.05) is 5.69 Å². The zero-order chi connectivity index (χ0) is 7.84. The van der Waals surface area contributed by atoms with Crippen molar-refractivity contribution >= 4 is 5.82 Å². The Morgan fingerprint density at radius 2 is 2.18 bits per heavy atom. The maximum absolute atomic E-state index is 5.54. The van der Waals surface area contributed by atoms with E-state index in [1.54, 1.807) is 0 Å². The first-order valence-electron chi connectivity index (χ1n) is 4.00. The van der Waals surface area contributed by atoms with Crippen LogP contribution in [0.1, 0.15) is 30.0 Å². The molecule has 0 aliphatic heterocycles. The van der Waals surface area contributed by atoms with Crippen LogP contribution in [0.2, 0.25) is 0 Å². The Morgan fingerprint density at radius 1 is 1.45 bits per heavy atom. The Labute approximate surface area is 66.4 Å². The largest absolute Gasteiger partial charge is 0.384 e. The number of nitrogens with zero attached hydrogens (tertiary/aromatic N) is 1. The average molecular weight is 148 g/mol. The Bertz CT molecular complexity index is 277. The first kappa shape index (κ1) is 6.65. The van der Waals surface area contributed by atoms with Gasteiger partial charge in [-0.15, -0.1) is 0 Å². The molecule has 1 heterocycles. The van der Waals surface area contributed by atoms with Crippen LogP contribution in [-0.2, 0) is 0 Å². The fourth-order valence-electron chi connectivity index (χ4n) is 1.42. The molecule has 0 saturated heterocycles. The van der Waals surface area contributed by atoms with Crippen LogP contribution in [-0.4, -0.2) is 4.98 Å². The highest BCUT2D eigenvalue weighted by molar-refractivity contribution is 5.36. The van der Waals surface area contributed by atoms with Crippen molar-refractivity contribution in [3.63, 3.8) is 0 Å². The van der Waals surface area contributed by atoms with Crippen molar-refractivity contribution < 1.29 is 0 Å². The minimum absolute atomic E-state index is 0.631. The summed E-state index contributed by atoms with van der Waals surface area (Å²) < 4.78 is 0. The molecule has 0 amide bonds. The molecule has 0 unspecified atom stereocenters. The summed E-state index contributed by atoms with van der Waals surface area (Å²) in [5, 5.41) is 0. The van der Waals surface area contributed by atoms with Gasteiger partial charge in [0.1, 0.15) is 5.82 Å². The zero-order valence-electron chi connectivity index (χ0n) is 6.67. The van der Waals surface area contributed by atoms with E-state index in [1.807, 2.05) is 13.0 Å². The fraction of sp³-hybridized carbons (Fsp3) is 0.444. The summed E-state index contributed by atoms with van der Waals surface area (Å²) in [5.74, 6) is 1.41. The van der Waals surface area contributed by atoms with Gasteiger partial charge in [-0.25, -0.2) is 4.98 Å². The van der Waals surface area contributed by atoms with Crippen molar-refractivity contribution in [2.45, 2.75) is 25.7 Å². The summed E-state index contributed by atoms with van der Waals surface area (Å²) in [5.41, 5.74) is 8.03. The first-order chi connectivity index (χ1) is 5.27. The number of pyridine rings is 1. The van der Waals surface area contributed by atoms with Gasteiger partial charge in [-0.2, -0.15) is 0 Å². The number of hydrogen-bond donors (Lipinski definition) is 1. The van der Waals surface area contributed by atoms with Gasteiger partial charge in [0.25, 0.3) is 0 Å². The van der Waals surface area contributed by atoms with Crippen molar-refractivity contribution in [3.8, 4) is 0 Å². The van der Waals surface area contributed by atoms with Gasteiger partial charge in [0.15, 0.2) is 0 Å². The normalized spacial score (nSPS) is 16.8. The number of rotatable bonds is 1. The lowest BCUT2D eigenvalue weighted by Crippen LogP contribution is -1.95. The van der Waals surface area contributed by atoms with Crippen LogP contribution in [0.5, 0.6) is 0 Å². The van der Waals surface area contributed by atoms with Crippen LogP contribution in [0.25, 0.3) is 0 Å². The molecule has 0 aromatic carbocycles. The molecule has 1 aromatic rings. The molecule has 1 aliphatic rings. The molecule has 2 heteroatoms. The molecular formula is C9H12N2. The smallest absolute Gasteiger partial charge is 0.123 e. The molecule has 2 N–H and O–H groups in total. The molecule has 11 heavy (non-hydrogen) atoms. The lowest BCUT2D eigenvalue weighted by Gasteiger charge is -2.02. The van der Waals surface area contributed by atoms with E-state index in [0.29, 0.717) is 5.82 Å². The van der Waals surface area contributed by atoms with Crippen LogP contribution in [0, 0.1) is 6.92 Å². The number of aryl methyl sites for hydroxylation is 1. The molecule has 2 rings (SSSR count). The highest BCUT2D eigenvalue weighted by Crippen LogP contribution is 2.41. The van der Waals surface area contributed by atoms with E-state index in [4.69, 9.17) is 5.73 Å². The molecular weight excluding hydrogens is 136 g/mol. The SMILES string of the molecule is Cc1nc(N)ccc1C1CC1. The van der Waals surface area contributed by atoms with Gasteiger partial charge in [0.2, 0.25) is 0 Å². The molecule has 2 nitrogen and oxygen atoms in total. The number of anilines is 1.